The molecule has 3 rings (SSSR count). The molecule has 3 aromatic rings. The number of hydrogen-bond acceptors (Lipinski definition) is 5. The summed E-state index contributed by atoms with van der Waals surface area (Å²) < 4.78 is 7.16. The first kappa shape index (κ1) is 20.4. The summed E-state index contributed by atoms with van der Waals surface area (Å²) in [6.07, 6.45) is 0. The van der Waals surface area contributed by atoms with Crippen molar-refractivity contribution in [3.63, 3.8) is 0 Å². The Morgan fingerprint density at radius 2 is 1.86 bits per heavy atom. The van der Waals surface area contributed by atoms with Crippen molar-refractivity contribution in [1.82, 2.24) is 14.8 Å². The van der Waals surface area contributed by atoms with E-state index in [1.807, 2.05) is 60.0 Å². The highest BCUT2D eigenvalue weighted by molar-refractivity contribution is 7.99. The zero-order valence-corrected chi connectivity index (χ0v) is 17.3. The molecule has 0 bridgehead atoms. The molecule has 1 amide bonds. The summed E-state index contributed by atoms with van der Waals surface area (Å²) in [6.45, 7) is 3.11. The number of carbonyl (C=O) groups is 1. The van der Waals surface area contributed by atoms with Crippen LogP contribution < -0.4 is 5.32 Å². The Kier molecular flexibility index (Phi) is 7.08. The number of nitrogens with one attached hydrogen (secondary N) is 1. The number of anilines is 1. The third-order valence-electron chi connectivity index (χ3n) is 4.01. The van der Waals surface area contributed by atoms with Crippen LogP contribution in [0.3, 0.4) is 0 Å². The van der Waals surface area contributed by atoms with Crippen LogP contribution in [0.5, 0.6) is 0 Å². The first-order valence-corrected chi connectivity index (χ1v) is 10.1. The fourth-order valence-corrected chi connectivity index (χ4v) is 3.45. The van der Waals surface area contributed by atoms with E-state index in [9.17, 15) is 4.79 Å². The van der Waals surface area contributed by atoms with Gasteiger partial charge in [-0.15, -0.1) is 10.2 Å². The molecule has 146 valence electrons. The van der Waals surface area contributed by atoms with Crippen LogP contribution in [0.1, 0.15) is 5.56 Å². The molecule has 0 aliphatic heterocycles. The molecular weight excluding hydrogens is 396 g/mol. The van der Waals surface area contributed by atoms with Gasteiger partial charge in [-0.1, -0.05) is 41.1 Å². The topological polar surface area (TPSA) is 69.0 Å². The van der Waals surface area contributed by atoms with Crippen molar-refractivity contribution < 1.29 is 9.53 Å². The molecule has 0 unspecified atom stereocenters. The van der Waals surface area contributed by atoms with E-state index < -0.39 is 0 Å². The fraction of sp³-hybridized carbons (Fsp3) is 0.250. The van der Waals surface area contributed by atoms with Crippen molar-refractivity contribution in [3.8, 4) is 11.4 Å². The number of aromatic nitrogens is 3. The van der Waals surface area contributed by atoms with Crippen LogP contribution in [0.2, 0.25) is 5.02 Å². The SMILES string of the molecule is COCCn1c(SCC(=O)Nc2ccc(C)cc2)nnc1-c1ccc(Cl)cc1. The average molecular weight is 417 g/mol. The van der Waals surface area contributed by atoms with Gasteiger partial charge in [0.2, 0.25) is 5.91 Å². The number of hydrogen-bond donors (Lipinski definition) is 1. The second kappa shape index (κ2) is 9.73. The number of carbonyl (C=O) groups excluding carboxylic acids is 1. The first-order chi connectivity index (χ1) is 13.6. The maximum absolute atomic E-state index is 12.3. The highest BCUT2D eigenvalue weighted by Crippen LogP contribution is 2.25. The van der Waals surface area contributed by atoms with Gasteiger partial charge in [0.05, 0.1) is 18.9 Å². The Bertz CT molecular complexity index is 926. The van der Waals surface area contributed by atoms with Gasteiger partial charge in [0, 0.05) is 23.4 Å². The number of amides is 1. The smallest absolute Gasteiger partial charge is 0.234 e. The van der Waals surface area contributed by atoms with E-state index in [1.165, 1.54) is 11.8 Å². The van der Waals surface area contributed by atoms with E-state index in [2.05, 4.69) is 15.5 Å². The first-order valence-electron chi connectivity index (χ1n) is 8.74. The predicted octanol–water partition coefficient (Wildman–Crippen LogP) is 4.28. The minimum atomic E-state index is -0.0943. The molecule has 0 atom stereocenters. The lowest BCUT2D eigenvalue weighted by Crippen LogP contribution is -2.15. The maximum atomic E-state index is 12.3. The van der Waals surface area contributed by atoms with Crippen LogP contribution >= 0.6 is 23.4 Å². The Labute approximate surface area is 173 Å². The lowest BCUT2D eigenvalue weighted by Gasteiger charge is -2.10. The maximum Gasteiger partial charge on any atom is 0.234 e. The summed E-state index contributed by atoms with van der Waals surface area (Å²) in [5, 5.41) is 12.8. The third-order valence-corrected chi connectivity index (χ3v) is 5.22. The van der Waals surface area contributed by atoms with Gasteiger partial charge in [0.1, 0.15) is 0 Å². The summed E-state index contributed by atoms with van der Waals surface area (Å²) in [7, 11) is 1.65. The molecule has 1 aromatic heterocycles. The lowest BCUT2D eigenvalue weighted by molar-refractivity contribution is -0.113. The van der Waals surface area contributed by atoms with Crippen molar-refractivity contribution in [1.29, 1.82) is 0 Å². The van der Waals surface area contributed by atoms with Crippen molar-refractivity contribution in [2.75, 3.05) is 24.8 Å². The number of thioether (sulfide) groups is 1. The molecule has 8 heteroatoms. The van der Waals surface area contributed by atoms with Gasteiger partial charge in [-0.25, -0.2) is 0 Å². The number of aryl methyl sites for hydroxylation is 1. The second-order valence-corrected chi connectivity index (χ2v) is 7.54. The number of halogens is 1. The normalized spacial score (nSPS) is 10.8. The molecule has 1 N–H and O–H groups in total. The molecule has 2 aromatic carbocycles. The highest BCUT2D eigenvalue weighted by Gasteiger charge is 2.15. The molecule has 28 heavy (non-hydrogen) atoms. The van der Waals surface area contributed by atoms with Crippen LogP contribution in [0.25, 0.3) is 11.4 Å². The molecular formula is C20H21ClN4O2S. The Balaban J connectivity index is 1.71. The third kappa shape index (κ3) is 5.34. The largest absolute Gasteiger partial charge is 0.383 e. The summed E-state index contributed by atoms with van der Waals surface area (Å²) in [5.41, 5.74) is 2.83. The van der Waals surface area contributed by atoms with Crippen LogP contribution in [0, 0.1) is 6.92 Å². The van der Waals surface area contributed by atoms with Gasteiger partial charge in [0.25, 0.3) is 0 Å². The van der Waals surface area contributed by atoms with Gasteiger partial charge < -0.3 is 10.1 Å². The van der Waals surface area contributed by atoms with E-state index in [0.29, 0.717) is 23.3 Å². The minimum Gasteiger partial charge on any atom is -0.383 e. The Morgan fingerprint density at radius 3 is 2.54 bits per heavy atom. The number of methoxy groups -OCH3 is 1. The molecule has 0 saturated heterocycles. The average Bonchev–Trinajstić information content (AvgIpc) is 3.10. The number of benzene rings is 2. The van der Waals surface area contributed by atoms with Crippen LogP contribution in [0.4, 0.5) is 5.69 Å². The van der Waals surface area contributed by atoms with Gasteiger partial charge in [-0.2, -0.15) is 0 Å². The predicted molar refractivity (Wildman–Crippen MR) is 113 cm³/mol. The monoisotopic (exact) mass is 416 g/mol. The lowest BCUT2D eigenvalue weighted by atomic mass is 10.2. The van der Waals surface area contributed by atoms with E-state index in [1.54, 1.807) is 7.11 Å². The molecule has 0 spiro atoms. The molecule has 0 saturated carbocycles. The van der Waals surface area contributed by atoms with E-state index >= 15 is 0 Å². The van der Waals surface area contributed by atoms with E-state index in [-0.39, 0.29) is 11.7 Å². The summed E-state index contributed by atoms with van der Waals surface area (Å²) in [4.78, 5) is 12.3. The van der Waals surface area contributed by atoms with Gasteiger partial charge >= 0.3 is 0 Å². The van der Waals surface area contributed by atoms with Crippen molar-refractivity contribution in [2.45, 2.75) is 18.6 Å². The van der Waals surface area contributed by atoms with Gasteiger partial charge in [-0.3, -0.25) is 9.36 Å². The molecule has 0 aliphatic rings. The van der Waals surface area contributed by atoms with Crippen molar-refractivity contribution in [2.24, 2.45) is 0 Å². The number of rotatable bonds is 8. The number of nitrogens with zero attached hydrogens (tertiary/aromatic N) is 3. The summed E-state index contributed by atoms with van der Waals surface area (Å²) in [6, 6.07) is 15.1. The molecule has 6 nitrogen and oxygen atoms in total. The Morgan fingerprint density at radius 1 is 1.14 bits per heavy atom. The molecule has 0 fully saturated rings. The highest BCUT2D eigenvalue weighted by atomic mass is 35.5. The zero-order valence-electron chi connectivity index (χ0n) is 15.7. The van der Waals surface area contributed by atoms with Gasteiger partial charge in [-0.05, 0) is 43.3 Å². The molecule has 0 radical (unpaired) electrons. The second-order valence-electron chi connectivity index (χ2n) is 6.16. The summed E-state index contributed by atoms with van der Waals surface area (Å²) >= 11 is 7.32. The van der Waals surface area contributed by atoms with Crippen LogP contribution in [-0.4, -0.2) is 40.1 Å². The molecule has 0 aliphatic carbocycles. The van der Waals surface area contributed by atoms with Crippen LogP contribution in [-0.2, 0) is 16.1 Å². The fourth-order valence-electron chi connectivity index (χ4n) is 2.56. The van der Waals surface area contributed by atoms with Gasteiger partial charge in [0.15, 0.2) is 11.0 Å². The van der Waals surface area contributed by atoms with Crippen LogP contribution in [0.15, 0.2) is 53.7 Å². The zero-order chi connectivity index (χ0) is 19.9. The molecule has 1 heterocycles. The van der Waals surface area contributed by atoms with E-state index in [0.717, 1.165) is 22.6 Å². The van der Waals surface area contributed by atoms with E-state index in [4.69, 9.17) is 16.3 Å². The number of ether oxygens (including phenoxy) is 1. The van der Waals surface area contributed by atoms with Crippen molar-refractivity contribution in [3.05, 3.63) is 59.1 Å². The standard InChI is InChI=1S/C20H21ClN4O2S/c1-14-3-9-17(10-4-14)22-18(26)13-28-20-24-23-19(25(20)11-12-27-2)15-5-7-16(21)8-6-15/h3-10H,11-13H2,1-2H3,(H,22,26). The Hall–Kier alpha value is -2.35. The summed E-state index contributed by atoms with van der Waals surface area (Å²) in [5.74, 6) is 0.859. The quantitative estimate of drug-likeness (QED) is 0.555. The van der Waals surface area contributed by atoms with Crippen molar-refractivity contribution >= 4 is 35.0 Å². The minimum absolute atomic E-state index is 0.0943.